The van der Waals surface area contributed by atoms with Gasteiger partial charge in [-0.2, -0.15) is 18.3 Å². The maximum absolute atomic E-state index is 12.8. The number of carbonyl (C=O) groups is 1. The summed E-state index contributed by atoms with van der Waals surface area (Å²) in [5.41, 5.74) is -1.63. The topological polar surface area (TPSA) is 77.6 Å². The summed E-state index contributed by atoms with van der Waals surface area (Å²) >= 11 is 5.67. The van der Waals surface area contributed by atoms with Crippen LogP contribution in [-0.2, 0) is 32.7 Å². The second-order valence-electron chi connectivity index (χ2n) is 5.10. The fourth-order valence-corrected chi connectivity index (χ4v) is 2.86. The Kier molecular flexibility index (Phi) is 3.78. The smallest absolute Gasteiger partial charge is 0.343 e. The van der Waals surface area contributed by atoms with E-state index in [1.54, 1.807) is 0 Å². The van der Waals surface area contributed by atoms with Gasteiger partial charge >= 0.3 is 6.18 Å². The lowest BCUT2D eigenvalue weighted by molar-refractivity contribution is -0.141. The molecule has 124 valence electrons. The number of aromatic nitrogens is 5. The highest BCUT2D eigenvalue weighted by Crippen LogP contribution is 2.35. The van der Waals surface area contributed by atoms with Crippen LogP contribution >= 0.6 is 11.6 Å². The van der Waals surface area contributed by atoms with E-state index in [0.29, 0.717) is 5.82 Å². The third kappa shape index (κ3) is 2.78. The van der Waals surface area contributed by atoms with Crippen molar-refractivity contribution in [3.8, 4) is 0 Å². The lowest BCUT2D eigenvalue weighted by atomic mass is 10.3. The highest BCUT2D eigenvalue weighted by molar-refractivity contribution is 6.34. The van der Waals surface area contributed by atoms with Crippen LogP contribution < -0.4 is 5.32 Å². The van der Waals surface area contributed by atoms with Gasteiger partial charge in [0.2, 0.25) is 0 Å². The van der Waals surface area contributed by atoms with E-state index in [0.717, 1.165) is 29.9 Å². The molecule has 7 nitrogen and oxygen atoms in total. The van der Waals surface area contributed by atoms with Crippen molar-refractivity contribution < 1.29 is 18.0 Å². The molecule has 0 aromatic carbocycles. The first-order valence-electron chi connectivity index (χ1n) is 6.78. The van der Waals surface area contributed by atoms with Crippen LogP contribution in [0.4, 0.5) is 13.2 Å². The Labute approximate surface area is 133 Å². The molecule has 23 heavy (non-hydrogen) atoms. The summed E-state index contributed by atoms with van der Waals surface area (Å²) in [4.78, 5) is 12.1. The van der Waals surface area contributed by atoms with Crippen molar-refractivity contribution >= 4 is 17.5 Å². The number of hydrogen-bond acceptors (Lipinski definition) is 4. The first kappa shape index (κ1) is 15.8. The maximum atomic E-state index is 12.8. The molecule has 3 rings (SSSR count). The Bertz CT molecular complexity index is 766. The minimum absolute atomic E-state index is 0.0503. The van der Waals surface area contributed by atoms with Crippen molar-refractivity contribution in [2.45, 2.75) is 32.1 Å². The van der Waals surface area contributed by atoms with Gasteiger partial charge in [0.15, 0.2) is 11.5 Å². The molecule has 1 N–H and O–H groups in total. The highest BCUT2D eigenvalue weighted by Gasteiger charge is 2.39. The van der Waals surface area contributed by atoms with Crippen molar-refractivity contribution in [2.75, 3.05) is 0 Å². The molecule has 3 heterocycles. The molecule has 0 atom stereocenters. The quantitative estimate of drug-likeness (QED) is 0.913. The second-order valence-corrected chi connectivity index (χ2v) is 5.48. The molecule has 2 aromatic rings. The Balaban J connectivity index is 1.77. The fraction of sp³-hybridized carbons (Fsp3) is 0.500. The largest absolute Gasteiger partial charge is 0.436 e. The van der Waals surface area contributed by atoms with E-state index in [1.165, 1.54) is 7.05 Å². The predicted octanol–water partition coefficient (Wildman–Crippen LogP) is 1.56. The molecule has 0 saturated heterocycles. The summed E-state index contributed by atoms with van der Waals surface area (Å²) < 4.78 is 40.9. The van der Waals surface area contributed by atoms with Crippen molar-refractivity contribution in [3.63, 3.8) is 0 Å². The molecular weight excluding hydrogens is 337 g/mol. The molecule has 0 aliphatic carbocycles. The number of alkyl halides is 3. The second kappa shape index (κ2) is 5.52. The van der Waals surface area contributed by atoms with E-state index in [1.807, 2.05) is 4.57 Å². The van der Waals surface area contributed by atoms with Crippen LogP contribution in [-0.4, -0.2) is 30.5 Å². The van der Waals surface area contributed by atoms with Gasteiger partial charge in [0.1, 0.15) is 16.5 Å². The summed E-state index contributed by atoms with van der Waals surface area (Å²) in [5.74, 6) is 0.642. The number of nitrogens with zero attached hydrogens (tertiary/aromatic N) is 5. The number of nitrogens with one attached hydrogen (secondary N) is 1. The maximum Gasteiger partial charge on any atom is 0.436 e. The number of carbonyl (C=O) groups excluding carboxylic acids is 1. The molecule has 11 heteroatoms. The minimum atomic E-state index is -4.72. The van der Waals surface area contributed by atoms with E-state index >= 15 is 0 Å². The van der Waals surface area contributed by atoms with Gasteiger partial charge in [0.25, 0.3) is 5.91 Å². The number of amides is 1. The van der Waals surface area contributed by atoms with Crippen LogP contribution in [0.2, 0.25) is 5.02 Å². The van der Waals surface area contributed by atoms with Crippen molar-refractivity contribution in [3.05, 3.63) is 28.1 Å². The summed E-state index contributed by atoms with van der Waals surface area (Å²) in [7, 11) is 1.23. The summed E-state index contributed by atoms with van der Waals surface area (Å²) in [6.45, 7) is 0.812. The fourth-order valence-electron chi connectivity index (χ4n) is 2.51. The Hall–Kier alpha value is -2.10. The summed E-state index contributed by atoms with van der Waals surface area (Å²) in [5, 5.41) is 13.0. The van der Waals surface area contributed by atoms with Crippen molar-refractivity contribution in [1.29, 1.82) is 0 Å². The molecule has 1 aliphatic rings. The molecule has 0 fully saturated rings. The zero-order valence-electron chi connectivity index (χ0n) is 12.0. The zero-order chi connectivity index (χ0) is 16.8. The minimum Gasteiger partial charge on any atom is -0.343 e. The van der Waals surface area contributed by atoms with Gasteiger partial charge in [0, 0.05) is 20.0 Å². The van der Waals surface area contributed by atoms with Crippen LogP contribution in [0.25, 0.3) is 0 Å². The number of fused-ring (bicyclic) bond motifs is 1. The van der Waals surface area contributed by atoms with Crippen LogP contribution in [0.3, 0.4) is 0 Å². The molecule has 0 bridgehead atoms. The third-order valence-electron chi connectivity index (χ3n) is 3.57. The van der Waals surface area contributed by atoms with Crippen LogP contribution in [0, 0.1) is 0 Å². The first-order chi connectivity index (χ1) is 10.8. The highest BCUT2D eigenvalue weighted by atomic mass is 35.5. The molecule has 0 spiro atoms. The third-order valence-corrected chi connectivity index (χ3v) is 3.92. The van der Waals surface area contributed by atoms with Crippen molar-refractivity contribution in [1.82, 2.24) is 29.9 Å². The molecule has 0 radical (unpaired) electrons. The zero-order valence-corrected chi connectivity index (χ0v) is 12.7. The molecule has 1 aliphatic heterocycles. The van der Waals surface area contributed by atoms with Gasteiger partial charge < -0.3 is 9.88 Å². The lowest BCUT2D eigenvalue weighted by Gasteiger charge is -2.06. The van der Waals surface area contributed by atoms with E-state index in [9.17, 15) is 18.0 Å². The van der Waals surface area contributed by atoms with E-state index < -0.39 is 22.8 Å². The van der Waals surface area contributed by atoms with Gasteiger partial charge in [-0.25, -0.2) is 0 Å². The van der Waals surface area contributed by atoms with Gasteiger partial charge in [-0.05, 0) is 6.42 Å². The Morgan fingerprint density at radius 1 is 1.39 bits per heavy atom. The SMILES string of the molecule is Cn1nc(C(F)(F)F)c(Cl)c1C(=O)NCc1nnc2n1CCC2. The standard InChI is InChI=1S/C12H12ClF3N6O/c1-21-9(8(13)10(20-21)12(14,15)16)11(23)17-5-7-19-18-6-3-2-4-22(6)7/h2-5H2,1H3,(H,17,23). The summed E-state index contributed by atoms with van der Waals surface area (Å²) in [6.07, 6.45) is -2.95. The Morgan fingerprint density at radius 3 is 2.78 bits per heavy atom. The number of aryl methyl sites for hydroxylation is 2. The van der Waals surface area contributed by atoms with Crippen LogP contribution in [0.1, 0.15) is 34.3 Å². The summed E-state index contributed by atoms with van der Waals surface area (Å²) in [6, 6.07) is 0. The predicted molar refractivity (Wildman–Crippen MR) is 72.7 cm³/mol. The Morgan fingerprint density at radius 2 is 2.13 bits per heavy atom. The molecule has 0 saturated carbocycles. The lowest BCUT2D eigenvalue weighted by Crippen LogP contribution is -2.27. The number of halogens is 4. The van der Waals surface area contributed by atoms with E-state index in [4.69, 9.17) is 11.6 Å². The number of rotatable bonds is 3. The average molecular weight is 349 g/mol. The molecule has 1 amide bonds. The van der Waals surface area contributed by atoms with Crippen LogP contribution in [0.15, 0.2) is 0 Å². The van der Waals surface area contributed by atoms with Gasteiger partial charge in [-0.15, -0.1) is 10.2 Å². The number of hydrogen-bond donors (Lipinski definition) is 1. The monoisotopic (exact) mass is 348 g/mol. The van der Waals surface area contributed by atoms with E-state index in [-0.39, 0.29) is 12.2 Å². The van der Waals surface area contributed by atoms with Crippen LogP contribution in [0.5, 0.6) is 0 Å². The van der Waals surface area contributed by atoms with Gasteiger partial charge in [0.05, 0.1) is 6.54 Å². The van der Waals surface area contributed by atoms with Gasteiger partial charge in [-0.3, -0.25) is 9.48 Å². The van der Waals surface area contributed by atoms with Gasteiger partial charge in [-0.1, -0.05) is 11.6 Å². The van der Waals surface area contributed by atoms with Crippen molar-refractivity contribution in [2.24, 2.45) is 7.05 Å². The average Bonchev–Trinajstić information content (AvgIpc) is 3.10. The molecular formula is C12H12ClF3N6O. The normalized spacial score (nSPS) is 14.1. The van der Waals surface area contributed by atoms with E-state index in [2.05, 4.69) is 20.6 Å². The molecule has 0 unspecified atom stereocenters. The molecule has 2 aromatic heterocycles. The first-order valence-corrected chi connectivity index (χ1v) is 7.15.